The molecule has 2 rings (SSSR count). The first-order chi connectivity index (χ1) is 8.10. The zero-order valence-electron chi connectivity index (χ0n) is 9.51. The Morgan fingerprint density at radius 1 is 1.47 bits per heavy atom. The summed E-state index contributed by atoms with van der Waals surface area (Å²) in [6, 6.07) is 1.63. The standard InChI is InChI=1S/C10H12ClN5O/c1-6-7(11)4-16(15-6)10-3-8(12)13-9(14-10)5-17-2/h3-4H,5H2,1-2H3,(H2,12,13,14). The minimum Gasteiger partial charge on any atom is -0.384 e. The van der Waals surface area contributed by atoms with Crippen LogP contribution in [0.3, 0.4) is 0 Å². The Bertz CT molecular complexity index is 520. The van der Waals surface area contributed by atoms with Crippen LogP contribution in [0.2, 0.25) is 5.02 Å². The third kappa shape index (κ3) is 2.54. The number of rotatable bonds is 3. The van der Waals surface area contributed by atoms with Crippen molar-refractivity contribution in [3.05, 3.63) is 28.8 Å². The van der Waals surface area contributed by atoms with E-state index in [-0.39, 0.29) is 0 Å². The van der Waals surface area contributed by atoms with E-state index in [9.17, 15) is 0 Å². The van der Waals surface area contributed by atoms with Crippen LogP contribution in [0.1, 0.15) is 11.5 Å². The number of nitrogens with two attached hydrogens (primary N) is 1. The predicted octanol–water partition coefficient (Wildman–Crippen LogP) is 1.35. The number of anilines is 1. The van der Waals surface area contributed by atoms with Crippen molar-refractivity contribution in [1.29, 1.82) is 0 Å². The van der Waals surface area contributed by atoms with Gasteiger partial charge in [0.2, 0.25) is 0 Å². The lowest BCUT2D eigenvalue weighted by atomic mass is 10.5. The first-order valence-corrected chi connectivity index (χ1v) is 5.32. The van der Waals surface area contributed by atoms with Crippen LogP contribution in [0.15, 0.2) is 12.3 Å². The van der Waals surface area contributed by atoms with E-state index >= 15 is 0 Å². The molecule has 0 fully saturated rings. The third-order valence-electron chi connectivity index (χ3n) is 2.13. The molecule has 0 radical (unpaired) electrons. The second kappa shape index (κ2) is 4.68. The number of ether oxygens (including phenoxy) is 1. The number of methoxy groups -OCH3 is 1. The Labute approximate surface area is 103 Å². The summed E-state index contributed by atoms with van der Waals surface area (Å²) in [6.07, 6.45) is 1.68. The molecule has 2 aromatic rings. The van der Waals surface area contributed by atoms with Crippen LogP contribution in [0.4, 0.5) is 5.82 Å². The van der Waals surface area contributed by atoms with Gasteiger partial charge in [0.1, 0.15) is 12.4 Å². The molecule has 0 aliphatic heterocycles. The maximum absolute atomic E-state index is 5.94. The van der Waals surface area contributed by atoms with Gasteiger partial charge < -0.3 is 10.5 Å². The summed E-state index contributed by atoms with van der Waals surface area (Å²) < 4.78 is 6.53. The average molecular weight is 254 g/mol. The minimum atomic E-state index is 0.298. The fourth-order valence-electron chi connectivity index (χ4n) is 1.37. The van der Waals surface area contributed by atoms with Gasteiger partial charge in [0.15, 0.2) is 11.6 Å². The molecule has 0 atom stereocenters. The Kier molecular flexibility index (Phi) is 3.26. The van der Waals surface area contributed by atoms with Gasteiger partial charge in [0.05, 0.1) is 16.9 Å². The van der Waals surface area contributed by atoms with E-state index in [1.807, 2.05) is 6.92 Å². The Morgan fingerprint density at radius 3 is 2.82 bits per heavy atom. The maximum atomic E-state index is 5.94. The second-order valence-electron chi connectivity index (χ2n) is 3.51. The smallest absolute Gasteiger partial charge is 0.159 e. The van der Waals surface area contributed by atoms with E-state index in [0.29, 0.717) is 29.1 Å². The SMILES string of the molecule is COCc1nc(N)cc(-n2cc(Cl)c(C)n2)n1. The number of hydrogen-bond acceptors (Lipinski definition) is 5. The fraction of sp³-hybridized carbons (Fsp3) is 0.300. The Morgan fingerprint density at radius 2 is 2.24 bits per heavy atom. The number of halogens is 1. The Balaban J connectivity index is 2.44. The van der Waals surface area contributed by atoms with E-state index in [4.69, 9.17) is 22.1 Å². The molecule has 0 amide bonds. The zero-order chi connectivity index (χ0) is 12.4. The number of nitrogens with zero attached hydrogens (tertiary/aromatic N) is 4. The number of aromatic nitrogens is 4. The van der Waals surface area contributed by atoms with E-state index < -0.39 is 0 Å². The van der Waals surface area contributed by atoms with E-state index in [2.05, 4.69) is 15.1 Å². The predicted molar refractivity (Wildman–Crippen MR) is 64.0 cm³/mol. The van der Waals surface area contributed by atoms with Gasteiger partial charge in [-0.1, -0.05) is 11.6 Å². The van der Waals surface area contributed by atoms with Crippen molar-refractivity contribution in [2.45, 2.75) is 13.5 Å². The lowest BCUT2D eigenvalue weighted by Crippen LogP contribution is -2.07. The summed E-state index contributed by atoms with van der Waals surface area (Å²) in [5.41, 5.74) is 6.42. The molecule has 17 heavy (non-hydrogen) atoms. The molecule has 90 valence electrons. The topological polar surface area (TPSA) is 78.9 Å². The molecule has 0 unspecified atom stereocenters. The normalized spacial score (nSPS) is 10.8. The van der Waals surface area contributed by atoms with Gasteiger partial charge in [0.25, 0.3) is 0 Å². The van der Waals surface area contributed by atoms with Crippen LogP contribution in [0, 0.1) is 6.92 Å². The van der Waals surface area contributed by atoms with Crippen molar-refractivity contribution in [2.75, 3.05) is 12.8 Å². The molecular weight excluding hydrogens is 242 g/mol. The molecule has 0 aliphatic carbocycles. The largest absolute Gasteiger partial charge is 0.384 e. The number of nitrogen functional groups attached to an aromatic ring is 1. The Hall–Kier alpha value is -1.66. The summed E-state index contributed by atoms with van der Waals surface area (Å²) in [5.74, 6) is 1.44. The van der Waals surface area contributed by atoms with Crippen LogP contribution in [-0.2, 0) is 11.3 Å². The summed E-state index contributed by atoms with van der Waals surface area (Å²) in [6.45, 7) is 2.12. The fourth-order valence-corrected chi connectivity index (χ4v) is 1.50. The lowest BCUT2D eigenvalue weighted by Gasteiger charge is -2.04. The van der Waals surface area contributed by atoms with Crippen LogP contribution >= 0.6 is 11.6 Å². The molecule has 2 aromatic heterocycles. The highest BCUT2D eigenvalue weighted by Crippen LogP contribution is 2.16. The summed E-state index contributed by atoms with van der Waals surface area (Å²) in [5, 5.41) is 4.80. The molecule has 0 saturated heterocycles. The molecule has 0 spiro atoms. The maximum Gasteiger partial charge on any atom is 0.159 e. The highest BCUT2D eigenvalue weighted by molar-refractivity contribution is 6.31. The van der Waals surface area contributed by atoms with Gasteiger partial charge in [-0.3, -0.25) is 0 Å². The van der Waals surface area contributed by atoms with E-state index in [1.54, 1.807) is 24.1 Å². The quantitative estimate of drug-likeness (QED) is 0.893. The first kappa shape index (κ1) is 11.8. The van der Waals surface area contributed by atoms with Crippen molar-refractivity contribution in [3.63, 3.8) is 0 Å². The first-order valence-electron chi connectivity index (χ1n) is 4.94. The highest BCUT2D eigenvalue weighted by atomic mass is 35.5. The molecule has 0 aliphatic rings. The van der Waals surface area contributed by atoms with Crippen molar-refractivity contribution >= 4 is 17.4 Å². The second-order valence-corrected chi connectivity index (χ2v) is 3.91. The van der Waals surface area contributed by atoms with E-state index in [0.717, 1.165) is 5.69 Å². The number of hydrogen-bond donors (Lipinski definition) is 1. The molecule has 0 aromatic carbocycles. The van der Waals surface area contributed by atoms with Gasteiger partial charge in [-0.15, -0.1) is 0 Å². The van der Waals surface area contributed by atoms with Gasteiger partial charge in [-0.05, 0) is 6.92 Å². The third-order valence-corrected chi connectivity index (χ3v) is 2.50. The summed E-state index contributed by atoms with van der Waals surface area (Å²) >= 11 is 5.94. The van der Waals surface area contributed by atoms with Crippen molar-refractivity contribution < 1.29 is 4.74 Å². The summed E-state index contributed by atoms with van der Waals surface area (Å²) in [7, 11) is 1.57. The van der Waals surface area contributed by atoms with Crippen molar-refractivity contribution in [1.82, 2.24) is 19.7 Å². The van der Waals surface area contributed by atoms with Crippen molar-refractivity contribution in [3.8, 4) is 5.82 Å². The average Bonchev–Trinajstić information content (AvgIpc) is 2.59. The molecule has 2 N–H and O–H groups in total. The van der Waals surface area contributed by atoms with Crippen molar-refractivity contribution in [2.24, 2.45) is 0 Å². The molecule has 2 heterocycles. The lowest BCUT2D eigenvalue weighted by molar-refractivity contribution is 0.178. The highest BCUT2D eigenvalue weighted by Gasteiger charge is 2.08. The monoisotopic (exact) mass is 253 g/mol. The van der Waals surface area contributed by atoms with Crippen LogP contribution < -0.4 is 5.73 Å². The van der Waals surface area contributed by atoms with E-state index in [1.165, 1.54) is 0 Å². The molecule has 0 saturated carbocycles. The van der Waals surface area contributed by atoms with Crippen LogP contribution in [0.5, 0.6) is 0 Å². The van der Waals surface area contributed by atoms with Gasteiger partial charge in [0, 0.05) is 13.2 Å². The molecule has 7 heteroatoms. The van der Waals surface area contributed by atoms with Crippen LogP contribution in [0.25, 0.3) is 5.82 Å². The van der Waals surface area contributed by atoms with Gasteiger partial charge >= 0.3 is 0 Å². The van der Waals surface area contributed by atoms with Gasteiger partial charge in [-0.25, -0.2) is 14.6 Å². The number of aryl methyl sites for hydroxylation is 1. The van der Waals surface area contributed by atoms with Gasteiger partial charge in [-0.2, -0.15) is 5.10 Å². The minimum absolute atomic E-state index is 0.298. The van der Waals surface area contributed by atoms with Crippen LogP contribution in [-0.4, -0.2) is 26.9 Å². The zero-order valence-corrected chi connectivity index (χ0v) is 10.3. The molecule has 6 nitrogen and oxygen atoms in total. The molecular formula is C10H12ClN5O. The summed E-state index contributed by atoms with van der Waals surface area (Å²) in [4.78, 5) is 8.32. The molecule has 0 bridgehead atoms.